The van der Waals surface area contributed by atoms with Crippen molar-refractivity contribution in [3.05, 3.63) is 80.7 Å². The van der Waals surface area contributed by atoms with Crippen LogP contribution in [0.2, 0.25) is 0 Å². The number of aromatic nitrogens is 1. The highest BCUT2D eigenvalue weighted by molar-refractivity contribution is 7.10. The lowest BCUT2D eigenvalue weighted by molar-refractivity contribution is -0.384. The van der Waals surface area contributed by atoms with Crippen LogP contribution in [0.3, 0.4) is 0 Å². The summed E-state index contributed by atoms with van der Waals surface area (Å²) in [4.78, 5) is 15.3. The first kappa shape index (κ1) is 15.0. The summed E-state index contributed by atoms with van der Waals surface area (Å²) in [5, 5.41) is 14.1. The maximum atomic E-state index is 10.8. The molecule has 1 aromatic heterocycles. The van der Waals surface area contributed by atoms with Crippen LogP contribution in [0.15, 0.2) is 60.0 Å². The van der Waals surface area contributed by atoms with Gasteiger partial charge in [0.15, 0.2) is 0 Å². The van der Waals surface area contributed by atoms with E-state index in [-0.39, 0.29) is 16.0 Å². The normalized spacial score (nSPS) is 15.2. The molecule has 1 aliphatic rings. The van der Waals surface area contributed by atoms with Crippen molar-refractivity contribution in [1.82, 2.24) is 4.98 Å². The molecule has 1 aliphatic carbocycles. The Kier molecular flexibility index (Phi) is 3.65. The van der Waals surface area contributed by atoms with Gasteiger partial charge in [-0.05, 0) is 24.8 Å². The van der Waals surface area contributed by atoms with Crippen molar-refractivity contribution in [3.8, 4) is 11.3 Å². The zero-order chi connectivity index (χ0) is 16.6. The Morgan fingerprint density at radius 2 is 1.79 bits per heavy atom. The largest absolute Gasteiger partial charge is 0.269 e. The van der Waals surface area contributed by atoms with Gasteiger partial charge in [0.05, 0.1) is 15.6 Å². The van der Waals surface area contributed by atoms with Crippen molar-refractivity contribution in [2.75, 3.05) is 0 Å². The van der Waals surface area contributed by atoms with Gasteiger partial charge in [0, 0.05) is 28.5 Å². The van der Waals surface area contributed by atoms with Crippen LogP contribution in [0.1, 0.15) is 23.4 Å². The van der Waals surface area contributed by atoms with E-state index in [2.05, 4.69) is 17.5 Å². The van der Waals surface area contributed by atoms with Crippen LogP contribution in [0.25, 0.3) is 11.3 Å². The average molecular weight is 336 g/mol. The molecule has 3 aromatic rings. The van der Waals surface area contributed by atoms with Gasteiger partial charge in [0.25, 0.3) is 5.69 Å². The Morgan fingerprint density at radius 1 is 1.08 bits per heavy atom. The van der Waals surface area contributed by atoms with E-state index in [0.717, 1.165) is 36.1 Å². The lowest BCUT2D eigenvalue weighted by atomic mass is 9.97. The van der Waals surface area contributed by atoms with Crippen LogP contribution < -0.4 is 0 Å². The zero-order valence-corrected chi connectivity index (χ0v) is 13.8. The summed E-state index contributed by atoms with van der Waals surface area (Å²) in [7, 11) is 0. The monoisotopic (exact) mass is 336 g/mol. The predicted octanol–water partition coefficient (Wildman–Crippen LogP) is 4.99. The predicted molar refractivity (Wildman–Crippen MR) is 95.3 cm³/mol. The van der Waals surface area contributed by atoms with Crippen molar-refractivity contribution in [3.63, 3.8) is 0 Å². The van der Waals surface area contributed by atoms with E-state index in [9.17, 15) is 10.1 Å². The molecule has 1 saturated carbocycles. The second kappa shape index (κ2) is 5.83. The molecule has 0 aliphatic heterocycles. The maximum Gasteiger partial charge on any atom is 0.269 e. The number of nitrogens with zero attached hydrogens (tertiary/aromatic N) is 2. The molecule has 0 N–H and O–H groups in total. The van der Waals surface area contributed by atoms with Crippen molar-refractivity contribution in [2.24, 2.45) is 0 Å². The molecule has 0 saturated heterocycles. The van der Waals surface area contributed by atoms with Gasteiger partial charge in [-0.15, -0.1) is 11.3 Å². The summed E-state index contributed by atoms with van der Waals surface area (Å²) in [6, 6.07) is 17.1. The molecule has 5 heteroatoms. The SMILES string of the molecule is O=[N+]([O-])c1ccc(CC2(c3nc(-c4ccccc4)cs3)CC2)cc1. The molecule has 120 valence electrons. The molecule has 24 heavy (non-hydrogen) atoms. The van der Waals surface area contributed by atoms with Gasteiger partial charge < -0.3 is 0 Å². The van der Waals surface area contributed by atoms with E-state index in [1.54, 1.807) is 23.5 Å². The topological polar surface area (TPSA) is 56.0 Å². The summed E-state index contributed by atoms with van der Waals surface area (Å²) < 4.78 is 0. The van der Waals surface area contributed by atoms with Crippen LogP contribution in [-0.2, 0) is 11.8 Å². The van der Waals surface area contributed by atoms with E-state index in [0.29, 0.717) is 0 Å². The third-order valence-corrected chi connectivity index (χ3v) is 5.66. The number of benzene rings is 2. The fourth-order valence-corrected chi connectivity index (χ4v) is 4.09. The summed E-state index contributed by atoms with van der Waals surface area (Å²) >= 11 is 1.72. The van der Waals surface area contributed by atoms with Crippen LogP contribution >= 0.6 is 11.3 Å². The number of nitro groups is 1. The van der Waals surface area contributed by atoms with Crippen molar-refractivity contribution >= 4 is 17.0 Å². The molecule has 0 spiro atoms. The smallest absolute Gasteiger partial charge is 0.258 e. The van der Waals surface area contributed by atoms with Crippen LogP contribution in [0.4, 0.5) is 5.69 Å². The summed E-state index contributed by atoms with van der Waals surface area (Å²) in [5.41, 5.74) is 3.57. The highest BCUT2D eigenvalue weighted by atomic mass is 32.1. The number of hydrogen-bond donors (Lipinski definition) is 0. The van der Waals surface area contributed by atoms with Crippen LogP contribution in [0, 0.1) is 10.1 Å². The lowest BCUT2D eigenvalue weighted by Gasteiger charge is -2.12. The highest BCUT2D eigenvalue weighted by Gasteiger charge is 2.46. The van der Waals surface area contributed by atoms with Gasteiger partial charge in [0.1, 0.15) is 0 Å². The third-order valence-electron chi connectivity index (χ3n) is 4.57. The Morgan fingerprint density at radius 3 is 2.42 bits per heavy atom. The Labute approximate surface area is 144 Å². The van der Waals surface area contributed by atoms with Crippen molar-refractivity contribution in [2.45, 2.75) is 24.7 Å². The van der Waals surface area contributed by atoms with E-state index in [4.69, 9.17) is 4.98 Å². The fourth-order valence-electron chi connectivity index (χ4n) is 3.00. The van der Waals surface area contributed by atoms with Crippen molar-refractivity contribution < 1.29 is 4.92 Å². The molecule has 1 heterocycles. The molecule has 0 unspecified atom stereocenters. The molecule has 0 atom stereocenters. The van der Waals surface area contributed by atoms with Gasteiger partial charge >= 0.3 is 0 Å². The molecule has 0 radical (unpaired) electrons. The summed E-state index contributed by atoms with van der Waals surface area (Å²) in [6.07, 6.45) is 3.16. The minimum absolute atomic E-state index is 0.119. The number of non-ortho nitro benzene ring substituents is 1. The van der Waals surface area contributed by atoms with Gasteiger partial charge in [-0.2, -0.15) is 0 Å². The molecule has 0 bridgehead atoms. The van der Waals surface area contributed by atoms with E-state index in [1.165, 1.54) is 5.01 Å². The molecule has 2 aromatic carbocycles. The zero-order valence-electron chi connectivity index (χ0n) is 13.0. The average Bonchev–Trinajstić information content (AvgIpc) is 3.21. The molecule has 0 amide bonds. The Balaban J connectivity index is 1.55. The number of rotatable bonds is 5. The first-order valence-electron chi connectivity index (χ1n) is 7.91. The molecular weight excluding hydrogens is 320 g/mol. The summed E-state index contributed by atoms with van der Waals surface area (Å²) in [6.45, 7) is 0. The standard InChI is InChI=1S/C19H16N2O2S/c22-21(23)16-8-6-14(7-9-16)12-19(10-11-19)18-20-17(13-24-18)15-4-2-1-3-5-15/h1-9,13H,10-12H2. The number of thiazole rings is 1. The summed E-state index contributed by atoms with van der Waals surface area (Å²) in [5.74, 6) is 0. The number of nitro benzene ring substituents is 1. The van der Waals surface area contributed by atoms with E-state index in [1.807, 2.05) is 30.3 Å². The maximum absolute atomic E-state index is 10.8. The minimum Gasteiger partial charge on any atom is -0.258 e. The van der Waals surface area contributed by atoms with Crippen LogP contribution in [-0.4, -0.2) is 9.91 Å². The van der Waals surface area contributed by atoms with Gasteiger partial charge in [0.2, 0.25) is 0 Å². The molecule has 4 nitrogen and oxygen atoms in total. The highest BCUT2D eigenvalue weighted by Crippen LogP contribution is 2.52. The molecule has 1 fully saturated rings. The lowest BCUT2D eigenvalue weighted by Crippen LogP contribution is -2.10. The Hall–Kier alpha value is -2.53. The molecule has 4 rings (SSSR count). The van der Waals surface area contributed by atoms with Gasteiger partial charge in [-0.25, -0.2) is 4.98 Å². The van der Waals surface area contributed by atoms with E-state index >= 15 is 0 Å². The molecular formula is C19H16N2O2S. The quantitative estimate of drug-likeness (QED) is 0.487. The Bertz CT molecular complexity index is 868. The van der Waals surface area contributed by atoms with Crippen LogP contribution in [0.5, 0.6) is 0 Å². The van der Waals surface area contributed by atoms with Gasteiger partial charge in [-0.3, -0.25) is 10.1 Å². The third kappa shape index (κ3) is 2.83. The van der Waals surface area contributed by atoms with Gasteiger partial charge in [-0.1, -0.05) is 42.5 Å². The van der Waals surface area contributed by atoms with E-state index < -0.39 is 0 Å². The second-order valence-electron chi connectivity index (χ2n) is 6.28. The second-order valence-corrected chi connectivity index (χ2v) is 7.14. The first-order chi connectivity index (χ1) is 11.7. The van der Waals surface area contributed by atoms with Crippen molar-refractivity contribution in [1.29, 1.82) is 0 Å². The minimum atomic E-state index is -0.358. The first-order valence-corrected chi connectivity index (χ1v) is 8.79. The number of hydrogen-bond acceptors (Lipinski definition) is 4. The fraction of sp³-hybridized carbons (Fsp3) is 0.211.